The Kier molecular flexibility index (Phi) is 3.06. The van der Waals surface area contributed by atoms with Crippen molar-refractivity contribution in [3.63, 3.8) is 0 Å². The summed E-state index contributed by atoms with van der Waals surface area (Å²) in [7, 11) is 0. The Balaban J connectivity index is 2.03. The molecule has 0 amide bonds. The molecule has 0 aromatic carbocycles. The summed E-state index contributed by atoms with van der Waals surface area (Å²) in [5.41, 5.74) is 3.12. The molecule has 0 aliphatic carbocycles. The predicted octanol–water partition coefficient (Wildman–Crippen LogP) is 1.86. The molecule has 74 valence electrons. The van der Waals surface area contributed by atoms with Gasteiger partial charge in [0.25, 0.3) is 0 Å². The summed E-state index contributed by atoms with van der Waals surface area (Å²) in [5, 5.41) is 3.37. The molecule has 2 heterocycles. The van der Waals surface area contributed by atoms with E-state index in [9.17, 15) is 0 Å². The van der Waals surface area contributed by atoms with Crippen molar-refractivity contribution in [2.45, 2.75) is 19.4 Å². The van der Waals surface area contributed by atoms with Crippen LogP contribution in [0.5, 0.6) is 0 Å². The van der Waals surface area contributed by atoms with Gasteiger partial charge in [0, 0.05) is 6.04 Å². The summed E-state index contributed by atoms with van der Waals surface area (Å²) in [6.45, 7) is 3.22. The largest absolute Gasteiger partial charge is 0.310 e. The van der Waals surface area contributed by atoms with Gasteiger partial charge in [0.2, 0.25) is 0 Å². The van der Waals surface area contributed by atoms with Crippen molar-refractivity contribution >= 4 is 17.6 Å². The Bertz CT molecular complexity index is 340. The lowest BCUT2D eigenvalue weighted by Gasteiger charge is -2.17. The monoisotopic (exact) mass is 207 g/mol. The standard InChI is InChI=1S/C10H13N3S/c1-8-6-9(4-5-11-8)2-3-10-12-7-14-13-10/h2-3,6-8,11H,4-5H2,1H3/b3-2+/t8-/m1/s1. The van der Waals surface area contributed by atoms with Gasteiger partial charge < -0.3 is 5.32 Å². The number of allylic oxidation sites excluding steroid dienone is 1. The van der Waals surface area contributed by atoms with Gasteiger partial charge in [-0.2, -0.15) is 4.37 Å². The lowest BCUT2D eigenvalue weighted by molar-refractivity contribution is 0.602. The highest BCUT2D eigenvalue weighted by Gasteiger charge is 2.05. The van der Waals surface area contributed by atoms with E-state index >= 15 is 0 Å². The topological polar surface area (TPSA) is 37.8 Å². The van der Waals surface area contributed by atoms with Crippen LogP contribution in [0.15, 0.2) is 23.2 Å². The first kappa shape index (κ1) is 9.55. The van der Waals surface area contributed by atoms with E-state index in [1.807, 2.05) is 6.08 Å². The summed E-state index contributed by atoms with van der Waals surface area (Å²) in [6.07, 6.45) is 7.41. The smallest absolute Gasteiger partial charge is 0.165 e. The third kappa shape index (κ3) is 2.49. The molecule has 0 unspecified atom stereocenters. The molecule has 2 rings (SSSR count). The van der Waals surface area contributed by atoms with Gasteiger partial charge in [-0.05, 0) is 43.1 Å². The van der Waals surface area contributed by atoms with Crippen LogP contribution in [0.2, 0.25) is 0 Å². The van der Waals surface area contributed by atoms with E-state index in [0.717, 1.165) is 18.8 Å². The first-order valence-electron chi connectivity index (χ1n) is 4.73. The van der Waals surface area contributed by atoms with E-state index in [1.54, 1.807) is 5.51 Å². The van der Waals surface area contributed by atoms with Crippen molar-refractivity contribution in [2.75, 3.05) is 6.54 Å². The van der Waals surface area contributed by atoms with Gasteiger partial charge in [0.05, 0.1) is 0 Å². The number of aromatic nitrogens is 2. The molecular formula is C10H13N3S. The van der Waals surface area contributed by atoms with Gasteiger partial charge in [0.1, 0.15) is 5.51 Å². The molecule has 1 aliphatic heterocycles. The zero-order chi connectivity index (χ0) is 9.80. The maximum absolute atomic E-state index is 4.12. The Labute approximate surface area is 87.7 Å². The van der Waals surface area contributed by atoms with Crippen LogP contribution in [0, 0.1) is 0 Å². The molecule has 0 saturated carbocycles. The summed E-state index contributed by atoms with van der Waals surface area (Å²) in [5.74, 6) is 0.807. The molecule has 0 fully saturated rings. The van der Waals surface area contributed by atoms with Gasteiger partial charge in [-0.3, -0.25) is 0 Å². The lowest BCUT2D eigenvalue weighted by Crippen LogP contribution is -2.29. The van der Waals surface area contributed by atoms with Crippen LogP contribution in [-0.2, 0) is 0 Å². The Morgan fingerprint density at radius 1 is 1.57 bits per heavy atom. The minimum absolute atomic E-state index is 0.479. The first-order valence-corrected chi connectivity index (χ1v) is 5.57. The van der Waals surface area contributed by atoms with Gasteiger partial charge >= 0.3 is 0 Å². The van der Waals surface area contributed by atoms with E-state index < -0.39 is 0 Å². The fourth-order valence-electron chi connectivity index (χ4n) is 1.48. The molecule has 4 heteroatoms. The van der Waals surface area contributed by atoms with Crippen molar-refractivity contribution in [1.29, 1.82) is 0 Å². The molecule has 1 atom stereocenters. The molecule has 0 spiro atoms. The van der Waals surface area contributed by atoms with Gasteiger partial charge in [-0.15, -0.1) is 0 Å². The van der Waals surface area contributed by atoms with Gasteiger partial charge in [-0.25, -0.2) is 4.98 Å². The van der Waals surface area contributed by atoms with Crippen LogP contribution in [-0.4, -0.2) is 21.9 Å². The van der Waals surface area contributed by atoms with Crippen LogP contribution in [0.4, 0.5) is 0 Å². The fourth-order valence-corrected chi connectivity index (χ4v) is 1.90. The first-order chi connectivity index (χ1) is 6.84. The fraction of sp³-hybridized carbons (Fsp3) is 0.400. The highest BCUT2D eigenvalue weighted by Crippen LogP contribution is 2.11. The zero-order valence-electron chi connectivity index (χ0n) is 8.10. The van der Waals surface area contributed by atoms with Crippen molar-refractivity contribution in [2.24, 2.45) is 0 Å². The van der Waals surface area contributed by atoms with Crippen LogP contribution in [0.3, 0.4) is 0 Å². The van der Waals surface area contributed by atoms with Crippen molar-refractivity contribution in [1.82, 2.24) is 14.7 Å². The predicted molar refractivity (Wildman–Crippen MR) is 59.1 cm³/mol. The van der Waals surface area contributed by atoms with Gasteiger partial charge in [-0.1, -0.05) is 12.2 Å². The molecule has 0 bridgehead atoms. The Morgan fingerprint density at radius 2 is 2.50 bits per heavy atom. The number of nitrogens with one attached hydrogen (secondary N) is 1. The SMILES string of the molecule is C[C@@H]1C=C(/C=C/c2ncsn2)CCN1. The molecule has 1 N–H and O–H groups in total. The van der Waals surface area contributed by atoms with Crippen molar-refractivity contribution < 1.29 is 0 Å². The second-order valence-electron chi connectivity index (χ2n) is 3.36. The number of rotatable bonds is 2. The normalized spacial score (nSPS) is 22.6. The molecule has 1 aromatic rings. The quantitative estimate of drug-likeness (QED) is 0.804. The number of hydrogen-bond acceptors (Lipinski definition) is 4. The maximum atomic E-state index is 4.12. The Morgan fingerprint density at radius 3 is 3.21 bits per heavy atom. The second-order valence-corrected chi connectivity index (χ2v) is 3.96. The van der Waals surface area contributed by atoms with E-state index in [2.05, 4.69) is 33.8 Å². The molecule has 1 aromatic heterocycles. The van der Waals surface area contributed by atoms with Crippen LogP contribution >= 0.6 is 11.5 Å². The molecular weight excluding hydrogens is 194 g/mol. The minimum Gasteiger partial charge on any atom is -0.310 e. The lowest BCUT2D eigenvalue weighted by atomic mass is 10.1. The van der Waals surface area contributed by atoms with E-state index in [-0.39, 0.29) is 0 Å². The highest BCUT2D eigenvalue weighted by molar-refractivity contribution is 7.03. The van der Waals surface area contributed by atoms with Gasteiger partial charge in [0.15, 0.2) is 5.82 Å². The molecule has 1 aliphatic rings. The van der Waals surface area contributed by atoms with Crippen molar-refractivity contribution in [3.05, 3.63) is 29.1 Å². The number of nitrogens with zero attached hydrogens (tertiary/aromatic N) is 2. The second kappa shape index (κ2) is 4.48. The summed E-state index contributed by atoms with van der Waals surface area (Å²) in [6, 6.07) is 0.479. The van der Waals surface area contributed by atoms with E-state index in [4.69, 9.17) is 0 Å². The highest BCUT2D eigenvalue weighted by atomic mass is 32.1. The number of hydrogen-bond donors (Lipinski definition) is 1. The van der Waals surface area contributed by atoms with Crippen molar-refractivity contribution in [3.8, 4) is 0 Å². The molecule has 3 nitrogen and oxygen atoms in total. The van der Waals surface area contributed by atoms with Crippen LogP contribution < -0.4 is 5.32 Å². The third-order valence-corrected chi connectivity index (χ3v) is 2.66. The summed E-state index contributed by atoms with van der Waals surface area (Å²) >= 11 is 1.38. The molecule has 14 heavy (non-hydrogen) atoms. The van der Waals surface area contributed by atoms with E-state index in [1.165, 1.54) is 17.1 Å². The maximum Gasteiger partial charge on any atom is 0.165 e. The average molecular weight is 207 g/mol. The minimum atomic E-state index is 0.479. The molecule has 0 saturated heterocycles. The third-order valence-electron chi connectivity index (χ3n) is 2.17. The van der Waals surface area contributed by atoms with Crippen LogP contribution in [0.25, 0.3) is 6.08 Å². The van der Waals surface area contributed by atoms with Crippen LogP contribution in [0.1, 0.15) is 19.2 Å². The van der Waals surface area contributed by atoms with E-state index in [0.29, 0.717) is 6.04 Å². The summed E-state index contributed by atoms with van der Waals surface area (Å²) in [4.78, 5) is 4.10. The molecule has 0 radical (unpaired) electrons. The average Bonchev–Trinajstić information content (AvgIpc) is 2.67. The Hall–Kier alpha value is -1.00. The zero-order valence-corrected chi connectivity index (χ0v) is 8.92. The summed E-state index contributed by atoms with van der Waals surface area (Å²) < 4.78 is 4.12.